The number of ketones is 1. The molecule has 14 heavy (non-hydrogen) atoms. The van der Waals surface area contributed by atoms with Crippen LogP contribution in [-0.2, 0) is 11.2 Å². The summed E-state index contributed by atoms with van der Waals surface area (Å²) in [5.41, 5.74) is 3.07. The van der Waals surface area contributed by atoms with Gasteiger partial charge in [0.1, 0.15) is 0 Å². The molecule has 0 saturated heterocycles. The summed E-state index contributed by atoms with van der Waals surface area (Å²) in [7, 11) is 3.86. The number of hydrogen-bond acceptors (Lipinski definition) is 2. The lowest BCUT2D eigenvalue weighted by Crippen LogP contribution is -2.05. The summed E-state index contributed by atoms with van der Waals surface area (Å²) in [6.45, 7) is 0. The van der Waals surface area contributed by atoms with Gasteiger partial charge in [-0.25, -0.2) is 0 Å². The van der Waals surface area contributed by atoms with Crippen LogP contribution in [0.15, 0.2) is 30.5 Å². The van der Waals surface area contributed by atoms with Gasteiger partial charge in [-0.05, 0) is 11.1 Å². The van der Waals surface area contributed by atoms with Crippen molar-refractivity contribution in [3.05, 3.63) is 41.6 Å². The third-order valence-electron chi connectivity index (χ3n) is 2.35. The fourth-order valence-corrected chi connectivity index (χ4v) is 1.76. The Hall–Kier alpha value is -1.57. The molecular weight excluding hydrogens is 174 g/mol. The minimum Gasteiger partial charge on any atom is -0.383 e. The van der Waals surface area contributed by atoms with Gasteiger partial charge in [0, 0.05) is 32.3 Å². The number of fused-ring (bicyclic) bond motifs is 1. The van der Waals surface area contributed by atoms with E-state index in [9.17, 15) is 4.79 Å². The molecule has 0 N–H and O–H groups in total. The fraction of sp³-hybridized carbons (Fsp3) is 0.250. The molecule has 1 aromatic carbocycles. The Bertz CT molecular complexity index is 405. The Kier molecular flexibility index (Phi) is 2.12. The lowest BCUT2D eigenvalue weighted by Gasteiger charge is -2.06. The maximum absolute atomic E-state index is 11.7. The molecule has 2 rings (SSSR count). The van der Waals surface area contributed by atoms with Gasteiger partial charge in [-0.1, -0.05) is 24.3 Å². The highest BCUT2D eigenvalue weighted by Gasteiger charge is 2.23. The highest BCUT2D eigenvalue weighted by atomic mass is 16.1. The smallest absolute Gasteiger partial charge is 0.169 e. The molecule has 0 aliphatic heterocycles. The summed E-state index contributed by atoms with van der Waals surface area (Å²) in [5, 5.41) is 0. The second kappa shape index (κ2) is 3.29. The van der Waals surface area contributed by atoms with E-state index in [1.807, 2.05) is 49.5 Å². The minimum absolute atomic E-state index is 0.222. The second-order valence-corrected chi connectivity index (χ2v) is 3.76. The number of carbonyl (C=O) groups excluding carboxylic acids is 1. The van der Waals surface area contributed by atoms with E-state index in [2.05, 4.69) is 0 Å². The molecule has 0 spiro atoms. The number of hydrogen-bond donors (Lipinski definition) is 0. The number of allylic oxidation sites excluding steroid dienone is 1. The minimum atomic E-state index is 0.222. The first-order valence-corrected chi connectivity index (χ1v) is 4.68. The zero-order valence-electron chi connectivity index (χ0n) is 8.45. The van der Waals surface area contributed by atoms with Gasteiger partial charge in [-0.3, -0.25) is 4.79 Å². The third kappa shape index (κ3) is 1.43. The summed E-state index contributed by atoms with van der Waals surface area (Å²) in [6, 6.07) is 7.98. The molecule has 0 radical (unpaired) electrons. The molecule has 1 aromatic rings. The van der Waals surface area contributed by atoms with E-state index >= 15 is 0 Å². The number of carbonyl (C=O) groups is 1. The molecule has 2 nitrogen and oxygen atoms in total. The zero-order valence-corrected chi connectivity index (χ0v) is 8.45. The van der Waals surface area contributed by atoms with E-state index < -0.39 is 0 Å². The average Bonchev–Trinajstić information content (AvgIpc) is 2.43. The Morgan fingerprint density at radius 3 is 2.71 bits per heavy atom. The number of Topliss-reactive ketones (excluding diaryl/α,β-unsaturated/α-hetero) is 1. The molecule has 0 heterocycles. The van der Waals surface area contributed by atoms with Crippen LogP contribution in [0.2, 0.25) is 0 Å². The Morgan fingerprint density at radius 2 is 2.00 bits per heavy atom. The van der Waals surface area contributed by atoms with Crippen molar-refractivity contribution in [3.8, 4) is 0 Å². The first-order chi connectivity index (χ1) is 6.68. The SMILES string of the molecule is CN(C)/C=C1\C(=O)Cc2ccccc21. The van der Waals surface area contributed by atoms with Crippen molar-refractivity contribution < 1.29 is 4.79 Å². The first kappa shape index (κ1) is 9.00. The van der Waals surface area contributed by atoms with Gasteiger partial charge in [0.05, 0.1) is 0 Å². The van der Waals surface area contributed by atoms with E-state index in [0.29, 0.717) is 6.42 Å². The quantitative estimate of drug-likeness (QED) is 0.624. The standard InChI is InChI=1S/C12H13NO/c1-13(2)8-11-10-6-4-3-5-9(10)7-12(11)14/h3-6,8H,7H2,1-2H3/b11-8-. The monoisotopic (exact) mass is 187 g/mol. The van der Waals surface area contributed by atoms with Crippen LogP contribution in [0.5, 0.6) is 0 Å². The van der Waals surface area contributed by atoms with Crippen molar-refractivity contribution in [1.82, 2.24) is 4.90 Å². The number of rotatable bonds is 1. The highest BCUT2D eigenvalue weighted by Crippen LogP contribution is 2.28. The molecule has 1 aliphatic carbocycles. The maximum atomic E-state index is 11.7. The third-order valence-corrected chi connectivity index (χ3v) is 2.35. The van der Waals surface area contributed by atoms with Gasteiger partial charge in [0.2, 0.25) is 0 Å². The van der Waals surface area contributed by atoms with E-state index in [0.717, 1.165) is 16.7 Å². The predicted octanol–water partition coefficient (Wildman–Crippen LogP) is 1.71. The van der Waals surface area contributed by atoms with Crippen molar-refractivity contribution in [3.63, 3.8) is 0 Å². The van der Waals surface area contributed by atoms with Crippen molar-refractivity contribution >= 4 is 11.4 Å². The number of nitrogens with zero attached hydrogens (tertiary/aromatic N) is 1. The molecular formula is C12H13NO. The molecule has 0 aromatic heterocycles. The van der Waals surface area contributed by atoms with Crippen LogP contribution in [0, 0.1) is 0 Å². The molecule has 0 atom stereocenters. The van der Waals surface area contributed by atoms with Gasteiger partial charge in [-0.15, -0.1) is 0 Å². The van der Waals surface area contributed by atoms with Crippen LogP contribution in [0.1, 0.15) is 11.1 Å². The van der Waals surface area contributed by atoms with Crippen LogP contribution < -0.4 is 0 Å². The van der Waals surface area contributed by atoms with E-state index in [1.54, 1.807) is 0 Å². The Morgan fingerprint density at radius 1 is 1.29 bits per heavy atom. The van der Waals surface area contributed by atoms with Crippen LogP contribution in [-0.4, -0.2) is 24.8 Å². The van der Waals surface area contributed by atoms with Crippen LogP contribution in [0.4, 0.5) is 0 Å². The molecule has 72 valence electrons. The largest absolute Gasteiger partial charge is 0.383 e. The van der Waals surface area contributed by atoms with Crippen molar-refractivity contribution in [2.75, 3.05) is 14.1 Å². The molecule has 1 aliphatic rings. The van der Waals surface area contributed by atoms with Gasteiger partial charge < -0.3 is 4.90 Å². The van der Waals surface area contributed by atoms with Gasteiger partial charge in [-0.2, -0.15) is 0 Å². The summed E-state index contributed by atoms with van der Waals surface area (Å²) in [5.74, 6) is 0.222. The van der Waals surface area contributed by atoms with E-state index in [4.69, 9.17) is 0 Å². The molecule has 0 unspecified atom stereocenters. The molecule has 0 fully saturated rings. The summed E-state index contributed by atoms with van der Waals surface area (Å²) in [6.07, 6.45) is 2.45. The van der Waals surface area contributed by atoms with Crippen molar-refractivity contribution in [1.29, 1.82) is 0 Å². The molecule has 2 heteroatoms. The lowest BCUT2D eigenvalue weighted by atomic mass is 10.1. The Labute approximate surface area is 83.8 Å². The normalized spacial score (nSPS) is 17.3. The fourth-order valence-electron chi connectivity index (χ4n) is 1.76. The van der Waals surface area contributed by atoms with Gasteiger partial charge in [0.25, 0.3) is 0 Å². The summed E-state index contributed by atoms with van der Waals surface area (Å²) < 4.78 is 0. The second-order valence-electron chi connectivity index (χ2n) is 3.76. The maximum Gasteiger partial charge on any atom is 0.169 e. The molecule has 0 bridgehead atoms. The van der Waals surface area contributed by atoms with Gasteiger partial charge >= 0.3 is 0 Å². The van der Waals surface area contributed by atoms with E-state index in [1.165, 1.54) is 0 Å². The van der Waals surface area contributed by atoms with Crippen LogP contribution >= 0.6 is 0 Å². The molecule has 0 amide bonds. The van der Waals surface area contributed by atoms with Crippen molar-refractivity contribution in [2.24, 2.45) is 0 Å². The highest BCUT2D eigenvalue weighted by molar-refractivity contribution is 6.25. The first-order valence-electron chi connectivity index (χ1n) is 4.68. The lowest BCUT2D eigenvalue weighted by molar-refractivity contribution is -0.112. The summed E-state index contributed by atoms with van der Waals surface area (Å²) >= 11 is 0. The van der Waals surface area contributed by atoms with Crippen molar-refractivity contribution in [2.45, 2.75) is 6.42 Å². The Balaban J connectivity index is 2.50. The topological polar surface area (TPSA) is 20.3 Å². The van der Waals surface area contributed by atoms with E-state index in [-0.39, 0.29) is 5.78 Å². The van der Waals surface area contributed by atoms with Crippen LogP contribution in [0.25, 0.3) is 5.57 Å². The zero-order chi connectivity index (χ0) is 10.1. The molecule has 0 saturated carbocycles. The summed E-state index contributed by atoms with van der Waals surface area (Å²) in [4.78, 5) is 13.6. The predicted molar refractivity (Wildman–Crippen MR) is 56.8 cm³/mol. The average molecular weight is 187 g/mol. The van der Waals surface area contributed by atoms with Gasteiger partial charge in [0.15, 0.2) is 5.78 Å². The number of benzene rings is 1. The van der Waals surface area contributed by atoms with Crippen LogP contribution in [0.3, 0.4) is 0 Å².